The molecule has 0 saturated heterocycles. The van der Waals surface area contributed by atoms with Crippen molar-refractivity contribution in [2.45, 2.75) is 354 Å². The number of hydrogen-bond donors (Lipinski definition) is 0. The first kappa shape index (κ1) is 83.3. The van der Waals surface area contributed by atoms with Crippen molar-refractivity contribution in [2.24, 2.45) is 0 Å². The largest absolute Gasteiger partial charge is 0.0648 e. The predicted octanol–water partition coefficient (Wildman–Crippen LogP) is 29.4. The normalized spacial score (nSPS) is 14.0. The number of aryl methyl sites for hydroxylation is 1. The molecule has 0 aromatic heterocycles. The van der Waals surface area contributed by atoms with E-state index < -0.39 is 0 Å². The molecule has 6 aromatic rings. The lowest BCUT2D eigenvalue weighted by Crippen LogP contribution is -2.18. The summed E-state index contributed by atoms with van der Waals surface area (Å²) >= 11 is 0. The third-order valence-electron chi connectivity index (χ3n) is 19.3. The number of hydrogen-bond acceptors (Lipinski definition) is 0. The van der Waals surface area contributed by atoms with Crippen LogP contribution in [0.3, 0.4) is 0 Å². The Morgan fingerprint density at radius 2 is 0.500 bits per heavy atom. The van der Waals surface area contributed by atoms with Crippen molar-refractivity contribution in [1.29, 1.82) is 0 Å². The minimum atomic E-state index is 0.226. The molecule has 0 aliphatic carbocycles. The summed E-state index contributed by atoms with van der Waals surface area (Å²) in [6, 6.07) is 48.4. The van der Waals surface area contributed by atoms with E-state index in [2.05, 4.69) is 363 Å². The smallest absolute Gasteiger partial charge is 0.0129 e. The molecule has 0 amide bonds. The standard InChI is InChI=1S/2C18H30.C16H26.C14H22.C13H20.C11H16/c1-9-13(2)14-10-15(17(3,4)5)12-16(11-14)18(6,7)8;1-9-13(2)15-12-14(17(3,4)5)10-11-16(15)18(6,7)8;1-7-13(6)16-9-14(11(2)3)8-15(10-16)12(4)5;1-6-11(2)12-7-9-13(10-8-12)14(3,4)5;1-5-11(4)13-8-6-12(7-9-13)10(2)3;1-4-10(3)11-7-5-9(2)6-8-11/h2*10-13H,9H2,1-8H3;8-13H,7H2,1-6H3;7-11H,6H2,1-5H3;6-11H,5H2,1-4H3;5-8,10H,4H2,1-3H3. The lowest BCUT2D eigenvalue weighted by Gasteiger charge is -2.29. The van der Waals surface area contributed by atoms with Crippen LogP contribution in [0.1, 0.15) is 404 Å². The van der Waals surface area contributed by atoms with E-state index in [1.165, 1.54) is 122 Å². The van der Waals surface area contributed by atoms with Gasteiger partial charge in [-0.15, -0.1) is 0 Å². The topological polar surface area (TPSA) is 0 Å². The summed E-state index contributed by atoms with van der Waals surface area (Å²) in [7, 11) is 0. The Hall–Kier alpha value is -4.68. The molecule has 0 heterocycles. The van der Waals surface area contributed by atoms with Crippen molar-refractivity contribution >= 4 is 0 Å². The number of benzene rings is 6. The molecule has 0 heteroatoms. The fraction of sp³-hybridized carbons (Fsp3) is 0.600. The molecule has 6 atom stereocenters. The SMILES string of the molecule is CCC(C)c1cc(C(C)(C)C)cc(C(C)(C)C)c1.CCC(C)c1cc(C(C)(C)C)ccc1C(C)(C)C.CCC(C)c1cc(C(C)C)cc(C(C)C)c1.CCC(C)c1ccc(C(C)(C)C)cc1.CCC(C)c1ccc(C(C)C)cc1.CCC(C)c1ccc(C)cc1. The van der Waals surface area contributed by atoms with Crippen LogP contribution < -0.4 is 0 Å². The van der Waals surface area contributed by atoms with Crippen LogP contribution in [0.2, 0.25) is 0 Å². The van der Waals surface area contributed by atoms with Gasteiger partial charge in [0.2, 0.25) is 0 Å². The van der Waals surface area contributed by atoms with E-state index in [9.17, 15) is 0 Å². The van der Waals surface area contributed by atoms with Crippen LogP contribution in [0.25, 0.3) is 0 Å². The van der Waals surface area contributed by atoms with Gasteiger partial charge in [-0.2, -0.15) is 0 Å². The fourth-order valence-corrected chi connectivity index (χ4v) is 10.4. The molecule has 6 aromatic carbocycles. The van der Waals surface area contributed by atoms with Gasteiger partial charge in [0.05, 0.1) is 0 Å². The van der Waals surface area contributed by atoms with Gasteiger partial charge in [0.25, 0.3) is 0 Å². The van der Waals surface area contributed by atoms with E-state index in [-0.39, 0.29) is 27.1 Å². The van der Waals surface area contributed by atoms with Crippen LogP contribution in [-0.2, 0) is 27.1 Å². The molecule has 0 aliphatic rings. The monoisotopic (exact) mass is 1230 g/mol. The molecule has 0 nitrogen and oxygen atoms in total. The third kappa shape index (κ3) is 28.7. The first-order chi connectivity index (χ1) is 41.4. The molecule has 0 radical (unpaired) electrons. The second kappa shape index (κ2) is 37.9. The van der Waals surface area contributed by atoms with Crippen molar-refractivity contribution in [2.75, 3.05) is 0 Å². The van der Waals surface area contributed by atoms with Crippen molar-refractivity contribution in [3.8, 4) is 0 Å². The van der Waals surface area contributed by atoms with Gasteiger partial charge in [-0.1, -0.05) is 361 Å². The highest BCUT2D eigenvalue weighted by molar-refractivity contribution is 5.42. The minimum Gasteiger partial charge on any atom is -0.0648 e. The van der Waals surface area contributed by atoms with E-state index >= 15 is 0 Å². The maximum absolute atomic E-state index is 2.44. The van der Waals surface area contributed by atoms with Crippen LogP contribution in [0.4, 0.5) is 0 Å². The zero-order valence-electron chi connectivity index (χ0n) is 65.6. The van der Waals surface area contributed by atoms with E-state index in [0.717, 1.165) is 0 Å². The fourth-order valence-electron chi connectivity index (χ4n) is 10.4. The molecule has 0 fully saturated rings. The van der Waals surface area contributed by atoms with Gasteiger partial charge in [-0.05, 0) is 204 Å². The summed E-state index contributed by atoms with van der Waals surface area (Å²) in [6.45, 7) is 77.4. The van der Waals surface area contributed by atoms with Gasteiger partial charge >= 0.3 is 0 Å². The van der Waals surface area contributed by atoms with Gasteiger partial charge in [-0.25, -0.2) is 0 Å². The zero-order valence-corrected chi connectivity index (χ0v) is 65.6. The first-order valence-corrected chi connectivity index (χ1v) is 36.1. The van der Waals surface area contributed by atoms with E-state index in [4.69, 9.17) is 0 Å². The average molecular weight is 1230 g/mol. The van der Waals surface area contributed by atoms with Crippen molar-refractivity contribution in [3.63, 3.8) is 0 Å². The molecule has 0 bridgehead atoms. The molecular formula is C90H144. The highest BCUT2D eigenvalue weighted by Crippen LogP contribution is 2.37. The lowest BCUT2D eigenvalue weighted by molar-refractivity contribution is 0.559. The van der Waals surface area contributed by atoms with Gasteiger partial charge < -0.3 is 0 Å². The molecule has 504 valence electrons. The maximum Gasteiger partial charge on any atom is -0.0129 e. The molecule has 0 aliphatic heterocycles. The summed E-state index contributed by atoms with van der Waals surface area (Å²) in [5, 5.41) is 0. The summed E-state index contributed by atoms with van der Waals surface area (Å²) in [5.74, 6) is 5.95. The van der Waals surface area contributed by atoms with Crippen molar-refractivity contribution in [1.82, 2.24) is 0 Å². The summed E-state index contributed by atoms with van der Waals surface area (Å²) in [4.78, 5) is 0. The Bertz CT molecular complexity index is 2840. The Balaban J connectivity index is 0.000000544. The second-order valence-corrected chi connectivity index (χ2v) is 33.3. The predicted molar refractivity (Wildman–Crippen MR) is 411 cm³/mol. The molecule has 6 rings (SSSR count). The molecule has 0 N–H and O–H groups in total. The quantitative estimate of drug-likeness (QED) is 0.0961. The van der Waals surface area contributed by atoms with Gasteiger partial charge in [0, 0.05) is 0 Å². The van der Waals surface area contributed by atoms with Crippen molar-refractivity contribution < 1.29 is 0 Å². The van der Waals surface area contributed by atoms with E-state index in [1.807, 2.05) is 0 Å². The Labute approximate surface area is 561 Å². The minimum absolute atomic E-state index is 0.226. The van der Waals surface area contributed by atoms with Gasteiger partial charge in [0.15, 0.2) is 0 Å². The summed E-state index contributed by atoms with van der Waals surface area (Å²) < 4.78 is 0. The lowest BCUT2D eigenvalue weighted by atomic mass is 9.76. The second-order valence-electron chi connectivity index (χ2n) is 33.3. The van der Waals surface area contributed by atoms with Crippen LogP contribution >= 0.6 is 0 Å². The van der Waals surface area contributed by atoms with Gasteiger partial charge in [-0.3, -0.25) is 0 Å². The van der Waals surface area contributed by atoms with Crippen LogP contribution in [-0.4, -0.2) is 0 Å². The average Bonchev–Trinajstić information content (AvgIpc) is 2.44. The zero-order chi connectivity index (χ0) is 69.4. The van der Waals surface area contributed by atoms with Crippen LogP contribution in [0.15, 0.2) is 127 Å². The number of rotatable bonds is 15. The first-order valence-electron chi connectivity index (χ1n) is 36.1. The van der Waals surface area contributed by atoms with Gasteiger partial charge in [0.1, 0.15) is 0 Å². The van der Waals surface area contributed by atoms with E-state index in [1.54, 1.807) is 0 Å². The third-order valence-corrected chi connectivity index (χ3v) is 19.3. The van der Waals surface area contributed by atoms with Crippen LogP contribution in [0, 0.1) is 6.92 Å². The maximum atomic E-state index is 2.44. The Kier molecular flexibility index (Phi) is 35.1. The molecule has 90 heavy (non-hydrogen) atoms. The summed E-state index contributed by atoms with van der Waals surface area (Å²) in [5.41, 5.74) is 23.2. The molecule has 0 saturated carbocycles. The molecule has 6 unspecified atom stereocenters. The molecular weight excluding hydrogens is 1080 g/mol. The highest BCUT2D eigenvalue weighted by Gasteiger charge is 2.25. The Morgan fingerprint density at radius 1 is 0.233 bits per heavy atom. The van der Waals surface area contributed by atoms with E-state index in [0.29, 0.717) is 53.3 Å². The Morgan fingerprint density at radius 3 is 0.800 bits per heavy atom. The summed E-state index contributed by atoms with van der Waals surface area (Å²) in [6.07, 6.45) is 7.30. The molecule has 0 spiro atoms. The van der Waals surface area contributed by atoms with Crippen LogP contribution in [0.5, 0.6) is 0 Å². The van der Waals surface area contributed by atoms with Crippen molar-refractivity contribution in [3.05, 3.63) is 211 Å². The highest BCUT2D eigenvalue weighted by atomic mass is 14.3.